The van der Waals surface area contributed by atoms with Crippen LogP contribution in [0.3, 0.4) is 0 Å². The molecule has 0 saturated carbocycles. The van der Waals surface area contributed by atoms with E-state index >= 15 is 0 Å². The van der Waals surface area contributed by atoms with Crippen LogP contribution in [0.2, 0.25) is 0 Å². The Hall–Kier alpha value is -0.790. The van der Waals surface area contributed by atoms with E-state index in [2.05, 4.69) is 0 Å². The minimum absolute atomic E-state index is 0.164. The van der Waals surface area contributed by atoms with Crippen LogP contribution in [0.5, 0.6) is 0 Å². The van der Waals surface area contributed by atoms with E-state index in [4.69, 9.17) is 19.3 Å². The van der Waals surface area contributed by atoms with Crippen LogP contribution in [-0.4, -0.2) is 55.7 Å². The standard InChI is InChI=1S/C10H18O6S/c1-8(9(11)12)7-17-10(13)16-6-5-15-4-3-14-2/h8H,3-7H2,1-2H3,(H,11,12)/t8-/m0/s1. The monoisotopic (exact) mass is 266 g/mol. The third-order valence-electron chi connectivity index (χ3n) is 1.75. The quantitative estimate of drug-likeness (QED) is 0.496. The number of carboxylic acids is 1. The molecule has 0 aromatic rings. The number of methoxy groups -OCH3 is 1. The first-order valence-corrected chi connectivity index (χ1v) is 6.15. The van der Waals surface area contributed by atoms with Crippen LogP contribution in [-0.2, 0) is 19.0 Å². The van der Waals surface area contributed by atoms with E-state index < -0.39 is 17.2 Å². The maximum atomic E-state index is 11.1. The van der Waals surface area contributed by atoms with Crippen LogP contribution >= 0.6 is 11.8 Å². The number of carbonyl (C=O) groups is 2. The molecular weight excluding hydrogens is 248 g/mol. The summed E-state index contributed by atoms with van der Waals surface area (Å²) in [7, 11) is 1.57. The van der Waals surface area contributed by atoms with E-state index in [0.29, 0.717) is 19.8 Å². The first-order chi connectivity index (χ1) is 8.07. The highest BCUT2D eigenvalue weighted by Crippen LogP contribution is 2.11. The van der Waals surface area contributed by atoms with Crippen molar-refractivity contribution < 1.29 is 28.9 Å². The molecule has 100 valence electrons. The van der Waals surface area contributed by atoms with Crippen molar-refractivity contribution >= 4 is 23.0 Å². The molecule has 0 spiro atoms. The lowest BCUT2D eigenvalue weighted by Crippen LogP contribution is -2.14. The van der Waals surface area contributed by atoms with E-state index in [1.807, 2.05) is 0 Å². The molecule has 0 aromatic carbocycles. The van der Waals surface area contributed by atoms with Gasteiger partial charge in [0.05, 0.1) is 25.7 Å². The molecule has 6 nitrogen and oxygen atoms in total. The molecule has 0 radical (unpaired) electrons. The smallest absolute Gasteiger partial charge is 0.367 e. The van der Waals surface area contributed by atoms with Crippen LogP contribution in [0.4, 0.5) is 4.79 Å². The second kappa shape index (κ2) is 10.4. The number of rotatable bonds is 9. The minimum Gasteiger partial charge on any atom is -0.481 e. The van der Waals surface area contributed by atoms with Crippen LogP contribution in [0.15, 0.2) is 0 Å². The van der Waals surface area contributed by atoms with Crippen LogP contribution < -0.4 is 0 Å². The van der Waals surface area contributed by atoms with Crippen LogP contribution in [0.1, 0.15) is 6.92 Å². The molecule has 0 aliphatic rings. The number of carboxylic acid groups (broad SMARTS) is 1. The van der Waals surface area contributed by atoms with Gasteiger partial charge < -0.3 is 19.3 Å². The second-order valence-electron chi connectivity index (χ2n) is 3.25. The van der Waals surface area contributed by atoms with Gasteiger partial charge in [0.25, 0.3) is 0 Å². The number of ether oxygens (including phenoxy) is 3. The summed E-state index contributed by atoms with van der Waals surface area (Å²) in [6.07, 6.45) is 0. The highest BCUT2D eigenvalue weighted by molar-refractivity contribution is 8.13. The molecule has 17 heavy (non-hydrogen) atoms. The van der Waals surface area contributed by atoms with Crippen molar-refractivity contribution in [1.82, 2.24) is 0 Å². The Bertz CT molecular complexity index is 233. The van der Waals surface area contributed by atoms with Crippen molar-refractivity contribution in [1.29, 1.82) is 0 Å². The molecular formula is C10H18O6S. The molecule has 0 heterocycles. The molecule has 0 aliphatic carbocycles. The average Bonchev–Trinajstić information content (AvgIpc) is 2.30. The zero-order valence-electron chi connectivity index (χ0n) is 10.0. The number of thioether (sulfide) groups is 1. The fourth-order valence-corrected chi connectivity index (χ4v) is 1.43. The van der Waals surface area contributed by atoms with Gasteiger partial charge >= 0.3 is 11.3 Å². The first-order valence-electron chi connectivity index (χ1n) is 5.17. The van der Waals surface area contributed by atoms with Crippen molar-refractivity contribution in [2.45, 2.75) is 6.92 Å². The lowest BCUT2D eigenvalue weighted by atomic mass is 10.2. The topological polar surface area (TPSA) is 82.1 Å². The van der Waals surface area contributed by atoms with Crippen LogP contribution in [0, 0.1) is 5.92 Å². The zero-order chi connectivity index (χ0) is 13.1. The molecule has 0 saturated heterocycles. The van der Waals surface area contributed by atoms with Gasteiger partial charge in [-0.3, -0.25) is 4.79 Å². The van der Waals surface area contributed by atoms with E-state index in [0.717, 1.165) is 11.8 Å². The number of aliphatic carboxylic acids is 1. The molecule has 0 amide bonds. The summed E-state index contributed by atoms with van der Waals surface area (Å²) < 4.78 is 14.7. The zero-order valence-corrected chi connectivity index (χ0v) is 10.8. The average molecular weight is 266 g/mol. The van der Waals surface area contributed by atoms with Gasteiger partial charge in [0.1, 0.15) is 6.61 Å². The minimum atomic E-state index is -0.923. The second-order valence-corrected chi connectivity index (χ2v) is 4.21. The summed E-state index contributed by atoms with van der Waals surface area (Å²) in [4.78, 5) is 21.6. The van der Waals surface area contributed by atoms with Crippen LogP contribution in [0.25, 0.3) is 0 Å². The predicted octanol–water partition coefficient (Wildman–Crippen LogP) is 1.24. The molecule has 7 heteroatoms. The summed E-state index contributed by atoms with van der Waals surface area (Å²) in [6, 6.07) is 0. The van der Waals surface area contributed by atoms with E-state index in [-0.39, 0.29) is 12.4 Å². The Labute approximate surface area is 105 Å². The largest absolute Gasteiger partial charge is 0.481 e. The Morgan fingerprint density at radius 2 is 1.88 bits per heavy atom. The van der Waals surface area contributed by atoms with Gasteiger partial charge in [-0.05, 0) is 11.8 Å². The van der Waals surface area contributed by atoms with E-state index in [1.165, 1.54) is 6.92 Å². The SMILES string of the molecule is COCCOCCOC(=O)SC[C@H](C)C(=O)O. The number of hydrogen-bond acceptors (Lipinski definition) is 6. The lowest BCUT2D eigenvalue weighted by molar-refractivity contribution is -0.140. The van der Waals surface area contributed by atoms with Crippen molar-refractivity contribution in [2.75, 3.05) is 39.3 Å². The maximum absolute atomic E-state index is 11.1. The third-order valence-corrected chi connectivity index (χ3v) is 2.77. The van der Waals surface area contributed by atoms with Gasteiger partial charge in [-0.25, -0.2) is 4.79 Å². The van der Waals surface area contributed by atoms with Gasteiger partial charge in [0.2, 0.25) is 0 Å². The van der Waals surface area contributed by atoms with Crippen molar-refractivity contribution in [3.63, 3.8) is 0 Å². The van der Waals surface area contributed by atoms with Gasteiger partial charge in [-0.1, -0.05) is 6.92 Å². The molecule has 1 atom stereocenters. The Morgan fingerprint density at radius 3 is 2.47 bits per heavy atom. The van der Waals surface area contributed by atoms with Crippen molar-refractivity contribution in [2.24, 2.45) is 5.92 Å². The normalized spacial score (nSPS) is 12.1. The Morgan fingerprint density at radius 1 is 1.24 bits per heavy atom. The van der Waals surface area contributed by atoms with E-state index in [1.54, 1.807) is 7.11 Å². The van der Waals surface area contributed by atoms with Crippen molar-refractivity contribution in [3.05, 3.63) is 0 Å². The van der Waals surface area contributed by atoms with E-state index in [9.17, 15) is 9.59 Å². The Balaban J connectivity index is 3.38. The van der Waals surface area contributed by atoms with Gasteiger partial charge in [-0.15, -0.1) is 0 Å². The lowest BCUT2D eigenvalue weighted by Gasteiger charge is -2.06. The number of hydrogen-bond donors (Lipinski definition) is 1. The molecule has 0 bridgehead atoms. The maximum Gasteiger partial charge on any atom is 0.367 e. The summed E-state index contributed by atoms with van der Waals surface area (Å²) >= 11 is 0.859. The van der Waals surface area contributed by atoms with Gasteiger partial charge in [0, 0.05) is 12.9 Å². The Kier molecular flexibility index (Phi) is 9.89. The third kappa shape index (κ3) is 10.1. The molecule has 0 aliphatic heterocycles. The molecule has 1 N–H and O–H groups in total. The molecule has 0 rings (SSSR count). The molecule has 0 unspecified atom stereocenters. The summed E-state index contributed by atoms with van der Waals surface area (Å²) in [6.45, 7) is 2.97. The van der Waals surface area contributed by atoms with Crippen molar-refractivity contribution in [3.8, 4) is 0 Å². The van der Waals surface area contributed by atoms with Gasteiger partial charge in [0.15, 0.2) is 0 Å². The highest BCUT2D eigenvalue weighted by Gasteiger charge is 2.14. The predicted molar refractivity (Wildman–Crippen MR) is 63.3 cm³/mol. The fourth-order valence-electron chi connectivity index (χ4n) is 0.734. The fraction of sp³-hybridized carbons (Fsp3) is 0.800. The molecule has 0 fully saturated rings. The first kappa shape index (κ1) is 16.2. The summed E-state index contributed by atoms with van der Waals surface area (Å²) in [5.41, 5.74) is 0. The molecule has 0 aromatic heterocycles. The summed E-state index contributed by atoms with van der Waals surface area (Å²) in [5.74, 6) is -1.28. The highest BCUT2D eigenvalue weighted by atomic mass is 32.2. The van der Waals surface area contributed by atoms with Gasteiger partial charge in [-0.2, -0.15) is 0 Å². The summed E-state index contributed by atoms with van der Waals surface area (Å²) in [5, 5.41) is 8.12. The number of carbonyl (C=O) groups excluding carboxylic acids is 1.